The Hall–Kier alpha value is -2.89. The van der Waals surface area contributed by atoms with Crippen LogP contribution in [0.25, 0.3) is 0 Å². The first kappa shape index (κ1) is 18.9. The van der Waals surface area contributed by atoms with E-state index in [1.54, 1.807) is 29.0 Å². The number of ether oxygens (including phenoxy) is 1. The Bertz CT molecular complexity index is 817. The summed E-state index contributed by atoms with van der Waals surface area (Å²) in [4.78, 5) is 28.3. The summed E-state index contributed by atoms with van der Waals surface area (Å²) in [7, 11) is 1.62. The second-order valence-corrected chi connectivity index (χ2v) is 6.50. The van der Waals surface area contributed by atoms with Gasteiger partial charge >= 0.3 is 0 Å². The molecule has 2 amide bonds. The summed E-state index contributed by atoms with van der Waals surface area (Å²) in [5.41, 5.74) is 1.13. The van der Waals surface area contributed by atoms with Crippen LogP contribution < -0.4 is 4.74 Å². The molecule has 3 rings (SSSR count). The molecule has 0 aliphatic carbocycles. The molecule has 1 aliphatic rings. The van der Waals surface area contributed by atoms with E-state index < -0.39 is 5.82 Å². The fourth-order valence-corrected chi connectivity index (χ4v) is 3.20. The van der Waals surface area contributed by atoms with Crippen LogP contribution in [0.15, 0.2) is 48.5 Å². The van der Waals surface area contributed by atoms with E-state index in [1.165, 1.54) is 12.1 Å². The van der Waals surface area contributed by atoms with E-state index in [9.17, 15) is 14.0 Å². The molecule has 1 heterocycles. The molecule has 27 heavy (non-hydrogen) atoms. The quantitative estimate of drug-likeness (QED) is 0.813. The van der Waals surface area contributed by atoms with Crippen molar-refractivity contribution in [2.45, 2.75) is 12.8 Å². The average molecular weight is 370 g/mol. The minimum absolute atomic E-state index is 0.0656. The lowest BCUT2D eigenvalue weighted by atomic mass is 10.1. The molecule has 1 fully saturated rings. The first-order valence-corrected chi connectivity index (χ1v) is 9.03. The van der Waals surface area contributed by atoms with Gasteiger partial charge in [-0.05, 0) is 36.2 Å². The Balaban J connectivity index is 1.50. The van der Waals surface area contributed by atoms with E-state index in [0.717, 1.165) is 11.3 Å². The monoisotopic (exact) mass is 370 g/mol. The van der Waals surface area contributed by atoms with Crippen molar-refractivity contribution in [2.24, 2.45) is 0 Å². The van der Waals surface area contributed by atoms with Gasteiger partial charge in [0.1, 0.15) is 11.6 Å². The number of amides is 2. The van der Waals surface area contributed by atoms with Crippen molar-refractivity contribution >= 4 is 11.8 Å². The second kappa shape index (κ2) is 8.66. The van der Waals surface area contributed by atoms with Crippen molar-refractivity contribution < 1.29 is 18.7 Å². The smallest absolute Gasteiger partial charge is 0.256 e. The molecule has 0 bridgehead atoms. The zero-order valence-corrected chi connectivity index (χ0v) is 15.4. The fourth-order valence-electron chi connectivity index (χ4n) is 3.20. The minimum atomic E-state index is -0.515. The Morgan fingerprint density at radius 1 is 1.00 bits per heavy atom. The zero-order chi connectivity index (χ0) is 19.2. The van der Waals surface area contributed by atoms with E-state index >= 15 is 0 Å². The van der Waals surface area contributed by atoms with Crippen LogP contribution in [0, 0.1) is 5.82 Å². The van der Waals surface area contributed by atoms with Gasteiger partial charge in [0.15, 0.2) is 0 Å². The number of hydrogen-bond acceptors (Lipinski definition) is 3. The van der Waals surface area contributed by atoms with Gasteiger partial charge in [-0.25, -0.2) is 4.39 Å². The summed E-state index contributed by atoms with van der Waals surface area (Å²) >= 11 is 0. The Kier molecular flexibility index (Phi) is 6.06. The molecular weight excluding hydrogens is 347 g/mol. The SMILES string of the molecule is COc1cccc(CCC(=O)N2CCN(C(=O)c3ccccc3F)CC2)c1. The Labute approximate surface area is 158 Å². The van der Waals surface area contributed by atoms with Crippen LogP contribution in [0.3, 0.4) is 0 Å². The summed E-state index contributed by atoms with van der Waals surface area (Å²) in [6.45, 7) is 1.77. The van der Waals surface area contributed by atoms with Crippen LogP contribution in [-0.2, 0) is 11.2 Å². The molecule has 0 atom stereocenters. The van der Waals surface area contributed by atoms with Crippen molar-refractivity contribution in [3.63, 3.8) is 0 Å². The van der Waals surface area contributed by atoms with Crippen molar-refractivity contribution in [1.82, 2.24) is 9.80 Å². The molecule has 1 saturated heterocycles. The maximum absolute atomic E-state index is 13.8. The number of nitrogens with zero attached hydrogens (tertiary/aromatic N) is 2. The van der Waals surface area contributed by atoms with Crippen LogP contribution in [0.4, 0.5) is 4.39 Å². The van der Waals surface area contributed by atoms with Gasteiger partial charge in [0, 0.05) is 32.6 Å². The summed E-state index contributed by atoms with van der Waals surface area (Å²) in [5.74, 6) is 0.00639. The lowest BCUT2D eigenvalue weighted by Crippen LogP contribution is -2.50. The Morgan fingerprint density at radius 2 is 1.70 bits per heavy atom. The number of halogens is 1. The molecule has 2 aromatic carbocycles. The van der Waals surface area contributed by atoms with Gasteiger partial charge in [-0.2, -0.15) is 0 Å². The van der Waals surface area contributed by atoms with Gasteiger partial charge in [0.25, 0.3) is 5.91 Å². The van der Waals surface area contributed by atoms with Crippen LogP contribution in [0.1, 0.15) is 22.3 Å². The highest BCUT2D eigenvalue weighted by Crippen LogP contribution is 2.16. The molecule has 0 spiro atoms. The standard InChI is InChI=1S/C21H23FN2O3/c1-27-17-6-4-5-16(15-17)9-10-20(25)23-11-13-24(14-12-23)21(26)18-7-2-3-8-19(18)22/h2-8,15H,9-14H2,1H3. The molecule has 142 valence electrons. The van der Waals surface area contributed by atoms with E-state index in [1.807, 2.05) is 24.3 Å². The van der Waals surface area contributed by atoms with Gasteiger partial charge in [0.2, 0.25) is 5.91 Å². The van der Waals surface area contributed by atoms with Gasteiger partial charge in [-0.3, -0.25) is 9.59 Å². The molecule has 1 aliphatic heterocycles. The fraction of sp³-hybridized carbons (Fsp3) is 0.333. The van der Waals surface area contributed by atoms with Crippen LogP contribution in [0.5, 0.6) is 5.75 Å². The molecule has 0 radical (unpaired) electrons. The number of carbonyl (C=O) groups is 2. The summed E-state index contributed by atoms with van der Waals surface area (Å²) < 4.78 is 19.0. The first-order valence-electron chi connectivity index (χ1n) is 9.03. The van der Waals surface area contributed by atoms with Gasteiger partial charge < -0.3 is 14.5 Å². The third kappa shape index (κ3) is 4.64. The van der Waals surface area contributed by atoms with E-state index in [0.29, 0.717) is 39.0 Å². The zero-order valence-electron chi connectivity index (χ0n) is 15.4. The number of aryl methyl sites for hydroxylation is 1. The third-order valence-corrected chi connectivity index (χ3v) is 4.79. The van der Waals surface area contributed by atoms with Gasteiger partial charge in [0.05, 0.1) is 12.7 Å². The number of methoxy groups -OCH3 is 1. The molecule has 2 aromatic rings. The summed E-state index contributed by atoms with van der Waals surface area (Å²) in [5, 5.41) is 0. The topological polar surface area (TPSA) is 49.9 Å². The van der Waals surface area contributed by atoms with E-state index in [-0.39, 0.29) is 17.4 Å². The predicted octanol–water partition coefficient (Wildman–Crippen LogP) is 2.75. The third-order valence-electron chi connectivity index (χ3n) is 4.79. The second-order valence-electron chi connectivity index (χ2n) is 6.50. The van der Waals surface area contributed by atoms with Gasteiger partial charge in [-0.1, -0.05) is 24.3 Å². The van der Waals surface area contributed by atoms with Crippen molar-refractivity contribution in [3.8, 4) is 5.75 Å². The van der Waals surface area contributed by atoms with Crippen LogP contribution in [-0.4, -0.2) is 54.9 Å². The normalized spacial score (nSPS) is 14.1. The highest BCUT2D eigenvalue weighted by atomic mass is 19.1. The first-order chi connectivity index (χ1) is 13.1. The molecular formula is C21H23FN2O3. The lowest BCUT2D eigenvalue weighted by Gasteiger charge is -2.35. The van der Waals surface area contributed by atoms with Crippen molar-refractivity contribution in [3.05, 3.63) is 65.5 Å². The molecule has 5 nitrogen and oxygen atoms in total. The summed E-state index contributed by atoms with van der Waals surface area (Å²) in [6, 6.07) is 13.7. The number of piperazine rings is 1. The minimum Gasteiger partial charge on any atom is -0.497 e. The van der Waals surface area contributed by atoms with Crippen molar-refractivity contribution in [2.75, 3.05) is 33.3 Å². The van der Waals surface area contributed by atoms with Crippen LogP contribution in [0.2, 0.25) is 0 Å². The van der Waals surface area contributed by atoms with E-state index in [4.69, 9.17) is 4.74 Å². The largest absolute Gasteiger partial charge is 0.497 e. The number of hydrogen-bond donors (Lipinski definition) is 0. The van der Waals surface area contributed by atoms with Crippen molar-refractivity contribution in [1.29, 1.82) is 0 Å². The lowest BCUT2D eigenvalue weighted by molar-refractivity contribution is -0.132. The van der Waals surface area contributed by atoms with E-state index in [2.05, 4.69) is 0 Å². The molecule has 0 aromatic heterocycles. The highest BCUT2D eigenvalue weighted by Gasteiger charge is 2.25. The molecule has 0 unspecified atom stereocenters. The number of carbonyl (C=O) groups excluding carboxylic acids is 2. The highest BCUT2D eigenvalue weighted by molar-refractivity contribution is 5.94. The number of rotatable bonds is 5. The number of benzene rings is 2. The average Bonchev–Trinajstić information content (AvgIpc) is 2.72. The maximum atomic E-state index is 13.8. The molecule has 0 saturated carbocycles. The van der Waals surface area contributed by atoms with Crippen LogP contribution >= 0.6 is 0 Å². The molecule has 0 N–H and O–H groups in total. The van der Waals surface area contributed by atoms with Gasteiger partial charge in [-0.15, -0.1) is 0 Å². The maximum Gasteiger partial charge on any atom is 0.256 e. The molecule has 6 heteroatoms. The Morgan fingerprint density at radius 3 is 2.41 bits per heavy atom. The predicted molar refractivity (Wildman–Crippen MR) is 100 cm³/mol. The summed E-state index contributed by atoms with van der Waals surface area (Å²) in [6.07, 6.45) is 1.05.